The van der Waals surface area contributed by atoms with Gasteiger partial charge in [0.05, 0.1) is 0 Å². The highest BCUT2D eigenvalue weighted by molar-refractivity contribution is 5.92. The van der Waals surface area contributed by atoms with Crippen LogP contribution in [0, 0.1) is 5.92 Å². The number of carbonyl (C=O) groups excluding carboxylic acids is 1. The monoisotopic (exact) mass is 373 g/mol. The Balaban J connectivity index is 1.37. The van der Waals surface area contributed by atoms with Crippen molar-refractivity contribution < 1.29 is 15.0 Å². The molecule has 6 heteroatoms. The van der Waals surface area contributed by atoms with E-state index in [1.54, 1.807) is 4.57 Å². The van der Waals surface area contributed by atoms with Crippen molar-refractivity contribution in [3.63, 3.8) is 0 Å². The van der Waals surface area contributed by atoms with Gasteiger partial charge in [0.25, 0.3) is 0 Å². The van der Waals surface area contributed by atoms with Crippen LogP contribution in [0.15, 0.2) is 24.3 Å². The number of hydrogen-bond acceptors (Lipinski definition) is 4. The first kappa shape index (κ1) is 19.5. The first-order chi connectivity index (χ1) is 13.1. The second kappa shape index (κ2) is 9.13. The van der Waals surface area contributed by atoms with Crippen LogP contribution in [-0.2, 0) is 11.3 Å². The Hall–Kier alpha value is -2.21. The number of nitrogens with two attached hydrogens (primary N) is 1. The summed E-state index contributed by atoms with van der Waals surface area (Å²) in [5, 5.41) is 22.0. The van der Waals surface area contributed by atoms with Crippen molar-refractivity contribution in [2.45, 2.75) is 51.5 Å². The molecule has 1 aromatic heterocycles. The highest BCUT2D eigenvalue weighted by atomic mass is 16.3. The zero-order chi connectivity index (χ0) is 19.2. The van der Waals surface area contributed by atoms with Crippen LogP contribution in [0.5, 0.6) is 11.8 Å². The molecule has 1 fully saturated rings. The molecule has 0 bridgehead atoms. The van der Waals surface area contributed by atoms with E-state index in [0.717, 1.165) is 51.2 Å². The molecule has 2 aromatic rings. The maximum Gasteiger partial charge on any atom is 0.217 e. The van der Waals surface area contributed by atoms with E-state index in [-0.39, 0.29) is 17.7 Å². The second-order valence-corrected chi connectivity index (χ2v) is 7.70. The van der Waals surface area contributed by atoms with Gasteiger partial charge in [-0.05, 0) is 76.2 Å². The number of benzene rings is 1. The van der Waals surface area contributed by atoms with Crippen molar-refractivity contribution in [3.05, 3.63) is 24.3 Å². The first-order valence-electron chi connectivity index (χ1n) is 10.1. The largest absolute Gasteiger partial charge is 0.494 e. The quantitative estimate of drug-likeness (QED) is 0.589. The van der Waals surface area contributed by atoms with Gasteiger partial charge in [-0.1, -0.05) is 12.1 Å². The van der Waals surface area contributed by atoms with Crippen molar-refractivity contribution in [2.24, 2.45) is 11.7 Å². The Labute approximate surface area is 160 Å². The molecule has 27 heavy (non-hydrogen) atoms. The van der Waals surface area contributed by atoms with Crippen molar-refractivity contribution in [2.75, 3.05) is 19.6 Å². The number of carbonyl (C=O) groups is 1. The van der Waals surface area contributed by atoms with E-state index in [1.807, 2.05) is 24.3 Å². The van der Waals surface area contributed by atoms with Gasteiger partial charge in [-0.3, -0.25) is 9.36 Å². The molecule has 4 N–H and O–H groups in total. The Morgan fingerprint density at radius 3 is 2.19 bits per heavy atom. The molecule has 0 aliphatic carbocycles. The SMILES string of the molecule is NC(=O)CCCC1CCN(CCCCn2c(O)c3ccccc3c2O)CC1. The van der Waals surface area contributed by atoms with Crippen LogP contribution in [0.2, 0.25) is 0 Å². The molecule has 3 rings (SSSR count). The molecular weight excluding hydrogens is 342 g/mol. The average Bonchev–Trinajstić information content (AvgIpc) is 2.91. The van der Waals surface area contributed by atoms with Crippen LogP contribution in [-0.4, -0.2) is 45.2 Å². The Morgan fingerprint density at radius 1 is 1.00 bits per heavy atom. The standard InChI is InChI=1S/C21H31N3O3/c22-19(25)9-5-6-16-10-14-23(15-11-16)12-3-4-13-24-20(26)17-7-1-2-8-18(17)21(24)27/h1-2,7-8,16,26-27H,3-6,9-15H2,(H2,22,25). The van der Waals surface area contributed by atoms with Crippen LogP contribution < -0.4 is 5.73 Å². The summed E-state index contributed by atoms with van der Waals surface area (Å²) in [6.45, 7) is 3.91. The van der Waals surface area contributed by atoms with Gasteiger partial charge in [-0.25, -0.2) is 0 Å². The minimum absolute atomic E-state index is 0.153. The van der Waals surface area contributed by atoms with E-state index in [4.69, 9.17) is 5.73 Å². The summed E-state index contributed by atoms with van der Waals surface area (Å²) < 4.78 is 1.61. The fraction of sp³-hybridized carbons (Fsp3) is 0.571. The lowest BCUT2D eigenvalue weighted by Crippen LogP contribution is -2.34. The van der Waals surface area contributed by atoms with E-state index in [2.05, 4.69) is 4.90 Å². The van der Waals surface area contributed by atoms with Gasteiger partial charge in [0.2, 0.25) is 17.7 Å². The Kier molecular flexibility index (Phi) is 6.61. The average molecular weight is 373 g/mol. The molecule has 0 spiro atoms. The van der Waals surface area contributed by atoms with E-state index < -0.39 is 0 Å². The minimum Gasteiger partial charge on any atom is -0.494 e. The van der Waals surface area contributed by atoms with Crippen LogP contribution in [0.4, 0.5) is 0 Å². The Morgan fingerprint density at radius 2 is 1.59 bits per heavy atom. The zero-order valence-electron chi connectivity index (χ0n) is 15.9. The van der Waals surface area contributed by atoms with Crippen molar-refractivity contribution in [1.82, 2.24) is 9.47 Å². The fourth-order valence-corrected chi connectivity index (χ4v) is 4.15. The van der Waals surface area contributed by atoms with Gasteiger partial charge >= 0.3 is 0 Å². The molecule has 0 saturated carbocycles. The van der Waals surface area contributed by atoms with Crippen molar-refractivity contribution in [3.8, 4) is 11.8 Å². The number of aromatic nitrogens is 1. The number of unbranched alkanes of at least 4 members (excludes halogenated alkanes) is 1. The number of rotatable bonds is 9. The van der Waals surface area contributed by atoms with Gasteiger partial charge in [0.15, 0.2) is 0 Å². The molecule has 1 aliphatic rings. The maximum atomic E-state index is 10.8. The van der Waals surface area contributed by atoms with E-state index >= 15 is 0 Å². The third-order valence-electron chi connectivity index (χ3n) is 5.77. The number of likely N-dealkylation sites (tertiary alicyclic amines) is 1. The number of aromatic hydroxyl groups is 2. The van der Waals surface area contributed by atoms with Crippen LogP contribution in [0.1, 0.15) is 44.9 Å². The number of primary amides is 1. The molecule has 1 aromatic carbocycles. The maximum absolute atomic E-state index is 10.8. The molecule has 0 unspecified atom stereocenters. The molecule has 2 heterocycles. The topological polar surface area (TPSA) is 91.7 Å². The van der Waals surface area contributed by atoms with Crippen molar-refractivity contribution in [1.29, 1.82) is 0 Å². The number of piperidine rings is 1. The molecule has 1 saturated heterocycles. The molecular formula is C21H31N3O3. The van der Waals surface area contributed by atoms with Crippen molar-refractivity contribution >= 4 is 16.7 Å². The van der Waals surface area contributed by atoms with E-state index in [0.29, 0.717) is 23.7 Å². The molecule has 1 amide bonds. The summed E-state index contributed by atoms with van der Waals surface area (Å²) in [7, 11) is 0. The Bertz CT molecular complexity index is 724. The number of hydrogen-bond donors (Lipinski definition) is 3. The van der Waals surface area contributed by atoms with Crippen LogP contribution in [0.25, 0.3) is 10.8 Å². The lowest BCUT2D eigenvalue weighted by Gasteiger charge is -2.32. The normalized spacial score (nSPS) is 16.1. The summed E-state index contributed by atoms with van der Waals surface area (Å²) in [4.78, 5) is 13.3. The number of nitrogens with zero attached hydrogens (tertiary/aromatic N) is 2. The van der Waals surface area contributed by atoms with Gasteiger partial charge in [-0.15, -0.1) is 0 Å². The van der Waals surface area contributed by atoms with Gasteiger partial charge < -0.3 is 20.8 Å². The molecule has 0 radical (unpaired) electrons. The number of amides is 1. The minimum atomic E-state index is -0.194. The third kappa shape index (κ3) is 4.95. The third-order valence-corrected chi connectivity index (χ3v) is 5.77. The summed E-state index contributed by atoms with van der Waals surface area (Å²) in [6.07, 6.45) is 6.89. The zero-order valence-corrected chi connectivity index (χ0v) is 15.9. The summed E-state index contributed by atoms with van der Waals surface area (Å²) in [6, 6.07) is 7.38. The highest BCUT2D eigenvalue weighted by Crippen LogP contribution is 2.36. The molecule has 6 nitrogen and oxygen atoms in total. The predicted octanol–water partition coefficient (Wildman–Crippen LogP) is 3.20. The summed E-state index contributed by atoms with van der Waals surface area (Å²) >= 11 is 0. The van der Waals surface area contributed by atoms with Crippen LogP contribution in [0.3, 0.4) is 0 Å². The van der Waals surface area contributed by atoms with E-state index in [9.17, 15) is 15.0 Å². The second-order valence-electron chi connectivity index (χ2n) is 7.70. The first-order valence-corrected chi connectivity index (χ1v) is 10.1. The smallest absolute Gasteiger partial charge is 0.217 e. The van der Waals surface area contributed by atoms with Crippen LogP contribution >= 0.6 is 0 Å². The molecule has 0 atom stereocenters. The highest BCUT2D eigenvalue weighted by Gasteiger charge is 2.19. The van der Waals surface area contributed by atoms with E-state index in [1.165, 1.54) is 12.8 Å². The number of fused-ring (bicyclic) bond motifs is 1. The lowest BCUT2D eigenvalue weighted by molar-refractivity contribution is -0.118. The van der Waals surface area contributed by atoms with Gasteiger partial charge in [-0.2, -0.15) is 0 Å². The fourth-order valence-electron chi connectivity index (χ4n) is 4.15. The predicted molar refractivity (Wildman–Crippen MR) is 107 cm³/mol. The molecule has 1 aliphatic heterocycles. The summed E-state index contributed by atoms with van der Waals surface area (Å²) in [5.41, 5.74) is 5.20. The summed E-state index contributed by atoms with van der Waals surface area (Å²) in [5.74, 6) is 0.835. The lowest BCUT2D eigenvalue weighted by atomic mass is 9.91. The van der Waals surface area contributed by atoms with Gasteiger partial charge in [0.1, 0.15) is 0 Å². The molecule has 148 valence electrons. The van der Waals surface area contributed by atoms with Gasteiger partial charge in [0, 0.05) is 23.7 Å².